The summed E-state index contributed by atoms with van der Waals surface area (Å²) in [6.45, 7) is 5.55. The number of nitrogens with one attached hydrogen (secondary N) is 2. The van der Waals surface area contributed by atoms with Gasteiger partial charge in [-0.3, -0.25) is 9.69 Å². The number of halogens is 2. The van der Waals surface area contributed by atoms with Crippen molar-refractivity contribution in [2.45, 2.75) is 63.1 Å². The minimum atomic E-state index is -0.627. The van der Waals surface area contributed by atoms with Crippen molar-refractivity contribution < 1.29 is 18.3 Å². The number of hydrogen-bond donors (Lipinski definition) is 2. The first-order valence-corrected chi connectivity index (χ1v) is 15.1. The molecule has 2 N–H and O–H groups in total. The van der Waals surface area contributed by atoms with E-state index in [1.54, 1.807) is 18.3 Å². The van der Waals surface area contributed by atoms with E-state index in [9.17, 15) is 9.18 Å². The molecule has 6 heterocycles. The van der Waals surface area contributed by atoms with Crippen LogP contribution in [0.2, 0.25) is 0 Å². The molecule has 8 rings (SSSR count). The Morgan fingerprint density at radius 1 is 1.05 bits per heavy atom. The molecule has 0 amide bonds. The molecule has 2 unspecified atom stereocenters. The van der Waals surface area contributed by atoms with E-state index in [0.717, 1.165) is 64.7 Å². The summed E-state index contributed by atoms with van der Waals surface area (Å²) < 4.78 is 37.8. The summed E-state index contributed by atoms with van der Waals surface area (Å²) in [6.07, 6.45) is 8.33. The smallest absolute Gasteiger partial charge is 0.319 e. The molecule has 218 valence electrons. The summed E-state index contributed by atoms with van der Waals surface area (Å²) in [5.74, 6) is -0.903. The normalized spacial score (nSPS) is 23.3. The second kappa shape index (κ2) is 9.70. The van der Waals surface area contributed by atoms with Gasteiger partial charge in [-0.25, -0.2) is 8.78 Å². The zero-order valence-electron chi connectivity index (χ0n) is 23.7. The molecular formula is C32H34F2N6O2. The molecule has 0 radical (unpaired) electrons. The highest BCUT2D eigenvalue weighted by molar-refractivity contribution is 6.12. The molecular weight excluding hydrogens is 538 g/mol. The lowest BCUT2D eigenvalue weighted by molar-refractivity contribution is 0.101. The second-order valence-corrected chi connectivity index (χ2v) is 12.5. The molecule has 4 aliphatic rings. The number of anilines is 1. The lowest BCUT2D eigenvalue weighted by Crippen LogP contribution is -2.51. The van der Waals surface area contributed by atoms with Gasteiger partial charge in [-0.05, 0) is 76.7 Å². The van der Waals surface area contributed by atoms with Crippen molar-refractivity contribution in [3.05, 3.63) is 47.7 Å². The number of carbonyl (C=O) groups excluding carboxylic acids is 1. The molecule has 0 aliphatic carbocycles. The van der Waals surface area contributed by atoms with Crippen LogP contribution in [0.25, 0.3) is 32.9 Å². The van der Waals surface area contributed by atoms with Gasteiger partial charge in [0.1, 0.15) is 23.8 Å². The fourth-order valence-corrected chi connectivity index (χ4v) is 8.03. The van der Waals surface area contributed by atoms with Gasteiger partial charge in [-0.2, -0.15) is 9.97 Å². The number of H-pyrrole nitrogens is 1. The highest BCUT2D eigenvalue weighted by atomic mass is 19.1. The average Bonchev–Trinajstić information content (AvgIpc) is 3.75. The molecule has 4 aliphatic heterocycles. The van der Waals surface area contributed by atoms with Crippen LogP contribution < -0.4 is 15.0 Å². The Bertz CT molecular complexity index is 1720. The number of ether oxygens (including phenoxy) is 1. The molecule has 0 spiro atoms. The van der Waals surface area contributed by atoms with Gasteiger partial charge in [-0.1, -0.05) is 6.07 Å². The van der Waals surface area contributed by atoms with Crippen molar-refractivity contribution in [3.8, 4) is 17.1 Å². The highest BCUT2D eigenvalue weighted by Gasteiger charge is 2.45. The number of hydrogen-bond acceptors (Lipinski definition) is 7. The van der Waals surface area contributed by atoms with Gasteiger partial charge in [0.05, 0.1) is 11.1 Å². The van der Waals surface area contributed by atoms with Crippen LogP contribution in [0.5, 0.6) is 6.01 Å². The first kappa shape index (κ1) is 26.0. The number of Topliss-reactive ketones (excluding diaryl/α,β-unsaturated/α-hetero) is 1. The molecule has 10 heteroatoms. The second-order valence-electron chi connectivity index (χ2n) is 12.5. The van der Waals surface area contributed by atoms with E-state index in [0.29, 0.717) is 46.4 Å². The summed E-state index contributed by atoms with van der Waals surface area (Å²) in [4.78, 5) is 29.8. The Kier molecular flexibility index (Phi) is 6.01. The first-order chi connectivity index (χ1) is 20.4. The van der Waals surface area contributed by atoms with Gasteiger partial charge in [0.15, 0.2) is 11.6 Å². The van der Waals surface area contributed by atoms with Gasteiger partial charge >= 0.3 is 6.01 Å². The molecule has 8 nitrogen and oxygen atoms in total. The Labute approximate surface area is 242 Å². The van der Waals surface area contributed by atoms with E-state index in [2.05, 4.69) is 25.1 Å². The number of rotatable bonds is 6. The number of benzene rings is 2. The van der Waals surface area contributed by atoms with Crippen molar-refractivity contribution in [1.29, 1.82) is 0 Å². The quantitative estimate of drug-likeness (QED) is 0.307. The third-order valence-corrected chi connectivity index (χ3v) is 10.0. The number of piperazine rings is 1. The molecule has 2 aromatic carbocycles. The molecule has 4 aromatic rings. The molecule has 2 aromatic heterocycles. The maximum absolute atomic E-state index is 16.7. The molecule has 0 saturated carbocycles. The van der Waals surface area contributed by atoms with E-state index < -0.39 is 17.4 Å². The van der Waals surface area contributed by atoms with Crippen molar-refractivity contribution in [2.75, 3.05) is 37.7 Å². The fourth-order valence-electron chi connectivity index (χ4n) is 8.03. The number of carbonyl (C=O) groups is 1. The van der Waals surface area contributed by atoms with Crippen LogP contribution in [0.1, 0.15) is 55.8 Å². The topological polar surface area (TPSA) is 86.4 Å². The van der Waals surface area contributed by atoms with Gasteiger partial charge in [0, 0.05) is 58.8 Å². The van der Waals surface area contributed by atoms with Crippen LogP contribution in [-0.4, -0.2) is 76.0 Å². The summed E-state index contributed by atoms with van der Waals surface area (Å²) >= 11 is 0. The maximum Gasteiger partial charge on any atom is 0.319 e. The molecule has 2 atom stereocenters. The van der Waals surface area contributed by atoms with E-state index >= 15 is 4.39 Å². The number of aromatic amines is 1. The Morgan fingerprint density at radius 2 is 1.81 bits per heavy atom. The summed E-state index contributed by atoms with van der Waals surface area (Å²) in [6, 6.07) is 7.29. The monoisotopic (exact) mass is 572 g/mol. The summed E-state index contributed by atoms with van der Waals surface area (Å²) in [5, 5.41) is 4.64. The third-order valence-electron chi connectivity index (χ3n) is 10.0. The predicted octanol–water partition coefficient (Wildman–Crippen LogP) is 5.21. The minimum absolute atomic E-state index is 0.00419. The Balaban J connectivity index is 1.26. The SMILES string of the molecule is CC(=O)c1c(F)ccc2[nH]cc(-c3ccc4c(N5CC6CCC(C5)N6)nc(OCC56CCCN5CCC6)nc4c3F)c12. The molecule has 4 fully saturated rings. The summed E-state index contributed by atoms with van der Waals surface area (Å²) in [7, 11) is 0. The largest absolute Gasteiger partial charge is 0.461 e. The van der Waals surface area contributed by atoms with E-state index in [1.165, 1.54) is 13.0 Å². The van der Waals surface area contributed by atoms with Gasteiger partial charge in [0.2, 0.25) is 0 Å². The van der Waals surface area contributed by atoms with Crippen LogP contribution in [0.4, 0.5) is 14.6 Å². The number of nitrogens with zero attached hydrogens (tertiary/aromatic N) is 4. The predicted molar refractivity (Wildman–Crippen MR) is 157 cm³/mol. The standard InChI is InChI=1S/C32H34F2N6O2/c1-18(41)26-24(33)8-9-25-27(26)23(14-35-25)21-6-7-22-29(28(21)34)37-31(42-17-32-10-2-12-40(32)13-3-11-32)38-30(22)39-15-19-4-5-20(16-39)36-19/h6-9,14,19-20,35-36H,2-5,10-13,15-17H2,1H3. The van der Waals surface area contributed by atoms with Gasteiger partial charge < -0.3 is 19.9 Å². The third kappa shape index (κ3) is 4.02. The zero-order chi connectivity index (χ0) is 28.6. The van der Waals surface area contributed by atoms with Gasteiger partial charge in [0.25, 0.3) is 0 Å². The molecule has 42 heavy (non-hydrogen) atoms. The Hall–Kier alpha value is -3.63. The van der Waals surface area contributed by atoms with Crippen LogP contribution in [0, 0.1) is 11.6 Å². The molecule has 2 bridgehead atoms. The van der Waals surface area contributed by atoms with Gasteiger partial charge in [-0.15, -0.1) is 0 Å². The van der Waals surface area contributed by atoms with E-state index in [1.807, 2.05) is 6.07 Å². The lowest BCUT2D eigenvalue weighted by Gasteiger charge is -2.34. The Morgan fingerprint density at radius 3 is 2.55 bits per heavy atom. The van der Waals surface area contributed by atoms with Crippen molar-refractivity contribution in [3.63, 3.8) is 0 Å². The highest BCUT2D eigenvalue weighted by Crippen LogP contribution is 2.41. The van der Waals surface area contributed by atoms with E-state index in [-0.39, 0.29) is 28.2 Å². The number of aromatic nitrogens is 3. The van der Waals surface area contributed by atoms with Crippen LogP contribution in [-0.2, 0) is 0 Å². The van der Waals surface area contributed by atoms with E-state index in [4.69, 9.17) is 9.72 Å². The average molecular weight is 573 g/mol. The zero-order valence-corrected chi connectivity index (χ0v) is 23.7. The van der Waals surface area contributed by atoms with Crippen molar-refractivity contribution >= 4 is 33.4 Å². The van der Waals surface area contributed by atoms with Crippen LogP contribution in [0.3, 0.4) is 0 Å². The van der Waals surface area contributed by atoms with Crippen LogP contribution >= 0.6 is 0 Å². The van der Waals surface area contributed by atoms with Crippen LogP contribution in [0.15, 0.2) is 30.5 Å². The van der Waals surface area contributed by atoms with Crippen molar-refractivity contribution in [2.24, 2.45) is 0 Å². The number of fused-ring (bicyclic) bond motifs is 5. The summed E-state index contributed by atoms with van der Waals surface area (Å²) in [5.41, 5.74) is 1.35. The fraction of sp³-hybridized carbons (Fsp3) is 0.469. The lowest BCUT2D eigenvalue weighted by atomic mass is 9.95. The maximum atomic E-state index is 16.7. The molecule has 4 saturated heterocycles. The first-order valence-electron chi connectivity index (χ1n) is 15.1. The van der Waals surface area contributed by atoms with Crippen molar-refractivity contribution in [1.82, 2.24) is 25.2 Å². The minimum Gasteiger partial charge on any atom is -0.461 e. The number of ketones is 1.